The third kappa shape index (κ3) is 3.56. The SMILES string of the molecule is COCCn1c(O)c(/C=C2\C(C)=Nc3ccccc32)sc1=Nc1ccccc1. The van der Waals surface area contributed by atoms with E-state index in [1.807, 2.05) is 61.5 Å². The van der Waals surface area contributed by atoms with Crippen molar-refractivity contribution in [1.29, 1.82) is 0 Å². The van der Waals surface area contributed by atoms with Crippen LogP contribution in [-0.4, -0.2) is 29.1 Å². The number of hydrogen-bond donors (Lipinski definition) is 1. The molecule has 0 saturated carbocycles. The summed E-state index contributed by atoms with van der Waals surface area (Å²) in [6.07, 6.45) is 2.00. The Morgan fingerprint density at radius 2 is 1.89 bits per heavy atom. The molecule has 2 aromatic carbocycles. The Kier molecular flexibility index (Phi) is 5.23. The molecule has 5 nitrogen and oxygen atoms in total. The Bertz CT molecular complexity index is 1120. The maximum Gasteiger partial charge on any atom is 0.211 e. The van der Waals surface area contributed by atoms with E-state index in [4.69, 9.17) is 9.73 Å². The molecule has 3 aromatic rings. The van der Waals surface area contributed by atoms with Crippen LogP contribution < -0.4 is 4.80 Å². The van der Waals surface area contributed by atoms with Crippen LogP contribution in [0.1, 0.15) is 17.4 Å². The van der Waals surface area contributed by atoms with Crippen LogP contribution in [-0.2, 0) is 11.3 Å². The minimum atomic E-state index is 0.196. The number of aliphatic imine (C=N–C) groups is 1. The number of methoxy groups -OCH3 is 1. The van der Waals surface area contributed by atoms with Crippen LogP contribution >= 0.6 is 11.3 Å². The zero-order valence-electron chi connectivity index (χ0n) is 15.8. The minimum absolute atomic E-state index is 0.196. The first-order valence-corrected chi connectivity index (χ1v) is 9.87. The third-order valence-corrected chi connectivity index (χ3v) is 5.57. The summed E-state index contributed by atoms with van der Waals surface area (Å²) in [5.74, 6) is 0.196. The number of aromatic hydroxyl groups is 1. The highest BCUT2D eigenvalue weighted by molar-refractivity contribution is 7.10. The van der Waals surface area contributed by atoms with E-state index in [0.29, 0.717) is 13.2 Å². The van der Waals surface area contributed by atoms with Gasteiger partial charge in [0.2, 0.25) is 5.88 Å². The summed E-state index contributed by atoms with van der Waals surface area (Å²) < 4.78 is 7.00. The van der Waals surface area contributed by atoms with Crippen LogP contribution in [0.15, 0.2) is 64.6 Å². The third-order valence-electron chi connectivity index (χ3n) is 4.56. The van der Waals surface area contributed by atoms with Gasteiger partial charge in [-0.2, -0.15) is 0 Å². The van der Waals surface area contributed by atoms with Crippen molar-refractivity contribution in [3.8, 4) is 5.88 Å². The molecular formula is C22H21N3O2S. The molecule has 6 heteroatoms. The molecule has 0 spiro atoms. The summed E-state index contributed by atoms with van der Waals surface area (Å²) in [5.41, 5.74) is 4.86. The van der Waals surface area contributed by atoms with Gasteiger partial charge < -0.3 is 9.84 Å². The first-order valence-electron chi connectivity index (χ1n) is 9.05. The molecular weight excluding hydrogens is 370 g/mol. The largest absolute Gasteiger partial charge is 0.493 e. The van der Waals surface area contributed by atoms with Crippen molar-refractivity contribution in [1.82, 2.24) is 4.57 Å². The number of thiazole rings is 1. The van der Waals surface area contributed by atoms with Gasteiger partial charge in [0.15, 0.2) is 4.80 Å². The Hall–Kier alpha value is -2.96. The Balaban J connectivity index is 1.83. The fraction of sp³-hybridized carbons (Fsp3) is 0.182. The predicted octanol–water partition coefficient (Wildman–Crippen LogP) is 4.78. The molecule has 1 aromatic heterocycles. The average Bonchev–Trinajstić information content (AvgIpc) is 3.18. The van der Waals surface area contributed by atoms with E-state index < -0.39 is 0 Å². The van der Waals surface area contributed by atoms with E-state index in [-0.39, 0.29) is 5.88 Å². The van der Waals surface area contributed by atoms with Crippen LogP contribution in [0.5, 0.6) is 5.88 Å². The van der Waals surface area contributed by atoms with Gasteiger partial charge in [-0.1, -0.05) is 47.7 Å². The second-order valence-corrected chi connectivity index (χ2v) is 7.45. The van der Waals surface area contributed by atoms with Gasteiger partial charge in [-0.25, -0.2) is 4.99 Å². The molecule has 1 N–H and O–H groups in total. The number of ether oxygens (including phenoxy) is 1. The van der Waals surface area contributed by atoms with Crippen molar-refractivity contribution in [3.05, 3.63) is 69.8 Å². The molecule has 0 unspecified atom stereocenters. The summed E-state index contributed by atoms with van der Waals surface area (Å²) in [5, 5.41) is 10.9. The fourth-order valence-corrected chi connectivity index (χ4v) is 4.16. The molecule has 1 aliphatic rings. The van der Waals surface area contributed by atoms with Crippen molar-refractivity contribution in [2.24, 2.45) is 9.98 Å². The summed E-state index contributed by atoms with van der Waals surface area (Å²) in [6, 6.07) is 17.8. The zero-order chi connectivity index (χ0) is 19.5. The fourth-order valence-electron chi connectivity index (χ4n) is 3.14. The molecule has 0 radical (unpaired) electrons. The standard InChI is InChI=1S/C22H21N3O2S/c1-15-18(17-10-6-7-11-19(17)23-15)14-20-21(26)25(12-13-27-2)22(28-20)24-16-8-4-3-5-9-16/h3-11,14,26H,12-13H2,1-2H3/b18-14+,24-22?. The number of benzene rings is 2. The predicted molar refractivity (Wildman–Crippen MR) is 115 cm³/mol. The highest BCUT2D eigenvalue weighted by atomic mass is 32.1. The van der Waals surface area contributed by atoms with E-state index >= 15 is 0 Å². The van der Waals surface area contributed by atoms with Crippen molar-refractivity contribution in [3.63, 3.8) is 0 Å². The van der Waals surface area contributed by atoms with Gasteiger partial charge >= 0.3 is 0 Å². The topological polar surface area (TPSA) is 59.1 Å². The van der Waals surface area contributed by atoms with Crippen LogP contribution in [0.3, 0.4) is 0 Å². The maximum absolute atomic E-state index is 10.9. The van der Waals surface area contributed by atoms with Gasteiger partial charge in [-0.3, -0.25) is 9.56 Å². The van der Waals surface area contributed by atoms with E-state index in [0.717, 1.165) is 37.9 Å². The smallest absolute Gasteiger partial charge is 0.211 e. The van der Waals surface area contributed by atoms with Crippen molar-refractivity contribution in [2.75, 3.05) is 13.7 Å². The van der Waals surface area contributed by atoms with Crippen LogP contribution in [0, 0.1) is 0 Å². The lowest BCUT2D eigenvalue weighted by Crippen LogP contribution is -2.16. The van der Waals surface area contributed by atoms with Gasteiger partial charge in [0, 0.05) is 24.0 Å². The normalized spacial score (nSPS) is 15.1. The second kappa shape index (κ2) is 7.96. The minimum Gasteiger partial charge on any atom is -0.493 e. The molecule has 0 aliphatic carbocycles. The van der Waals surface area contributed by atoms with E-state index in [9.17, 15) is 5.11 Å². The number of rotatable bonds is 5. The quantitative estimate of drug-likeness (QED) is 0.680. The highest BCUT2D eigenvalue weighted by Gasteiger charge is 2.19. The summed E-state index contributed by atoms with van der Waals surface area (Å²) in [4.78, 5) is 10.8. The van der Waals surface area contributed by atoms with Crippen LogP contribution in [0.25, 0.3) is 11.6 Å². The van der Waals surface area contributed by atoms with E-state index in [2.05, 4.69) is 11.1 Å². The first kappa shape index (κ1) is 18.4. The van der Waals surface area contributed by atoms with Crippen LogP contribution in [0.2, 0.25) is 0 Å². The summed E-state index contributed by atoms with van der Waals surface area (Å²) in [7, 11) is 1.65. The monoisotopic (exact) mass is 391 g/mol. The van der Waals surface area contributed by atoms with Gasteiger partial charge in [-0.05, 0) is 31.2 Å². The molecule has 142 valence electrons. The van der Waals surface area contributed by atoms with Crippen molar-refractivity contribution < 1.29 is 9.84 Å². The van der Waals surface area contributed by atoms with Gasteiger partial charge in [0.25, 0.3) is 0 Å². The number of fused-ring (bicyclic) bond motifs is 1. The zero-order valence-corrected chi connectivity index (χ0v) is 16.6. The second-order valence-electron chi connectivity index (χ2n) is 6.44. The number of allylic oxidation sites excluding steroid dienone is 1. The lowest BCUT2D eigenvalue weighted by atomic mass is 10.0. The first-order chi connectivity index (χ1) is 13.7. The number of hydrogen-bond acceptors (Lipinski definition) is 5. The molecule has 1 aliphatic heterocycles. The lowest BCUT2D eigenvalue weighted by Gasteiger charge is -2.04. The average molecular weight is 391 g/mol. The summed E-state index contributed by atoms with van der Waals surface area (Å²) in [6.45, 7) is 3.01. The summed E-state index contributed by atoms with van der Waals surface area (Å²) >= 11 is 1.45. The molecule has 2 heterocycles. The molecule has 0 amide bonds. The number of aromatic nitrogens is 1. The molecule has 0 fully saturated rings. The highest BCUT2D eigenvalue weighted by Crippen LogP contribution is 2.37. The van der Waals surface area contributed by atoms with Crippen LogP contribution in [0.4, 0.5) is 11.4 Å². The van der Waals surface area contributed by atoms with Gasteiger partial charge in [0.1, 0.15) is 0 Å². The maximum atomic E-state index is 10.9. The van der Waals surface area contributed by atoms with E-state index in [1.54, 1.807) is 11.7 Å². The number of nitrogens with zero attached hydrogens (tertiary/aromatic N) is 3. The van der Waals surface area contributed by atoms with Crippen molar-refractivity contribution >= 4 is 40.1 Å². The Morgan fingerprint density at radius 3 is 2.68 bits per heavy atom. The molecule has 0 atom stereocenters. The Morgan fingerprint density at radius 1 is 1.14 bits per heavy atom. The van der Waals surface area contributed by atoms with Gasteiger partial charge in [0.05, 0.1) is 29.4 Å². The van der Waals surface area contributed by atoms with Crippen molar-refractivity contribution in [2.45, 2.75) is 13.5 Å². The molecule has 0 bridgehead atoms. The molecule has 4 rings (SSSR count). The Labute approximate surface area is 167 Å². The number of para-hydroxylation sites is 2. The van der Waals surface area contributed by atoms with E-state index in [1.165, 1.54) is 11.3 Å². The molecule has 28 heavy (non-hydrogen) atoms. The lowest BCUT2D eigenvalue weighted by molar-refractivity contribution is 0.183. The van der Waals surface area contributed by atoms with Gasteiger partial charge in [-0.15, -0.1) is 0 Å². The molecule has 0 saturated heterocycles.